The fourth-order valence-corrected chi connectivity index (χ4v) is 1.28. The summed E-state index contributed by atoms with van der Waals surface area (Å²) in [6.45, 7) is 0. The minimum Gasteiger partial charge on any atom is -0.480 e. The van der Waals surface area contributed by atoms with E-state index in [1.165, 1.54) is 0 Å². The lowest BCUT2D eigenvalue weighted by Crippen LogP contribution is -2.41. The second-order valence-electron chi connectivity index (χ2n) is 3.19. The molecule has 74 valence electrons. The summed E-state index contributed by atoms with van der Waals surface area (Å²) in [4.78, 5) is 21.8. The van der Waals surface area contributed by atoms with Gasteiger partial charge in [-0.05, 0) is 25.0 Å². The van der Waals surface area contributed by atoms with Gasteiger partial charge in [-0.2, -0.15) is 12.6 Å². The number of rotatable bonds is 5. The smallest absolute Gasteiger partial charge is 0.326 e. The minimum atomic E-state index is -0.983. The lowest BCUT2D eigenvalue weighted by molar-refractivity contribution is -0.142. The standard InChI is InChI=1S/C8H13NO3S/c10-7(5-1-2-5)9-6(3-4-13)8(11)12/h5-6,13H,1-4H2,(H,9,10)(H,11,12). The minimum absolute atomic E-state index is 0.0572. The Balaban J connectivity index is 2.36. The van der Waals surface area contributed by atoms with Crippen LogP contribution in [0, 0.1) is 5.92 Å². The number of carbonyl (C=O) groups excluding carboxylic acids is 1. The molecule has 0 radical (unpaired) electrons. The van der Waals surface area contributed by atoms with Crippen molar-refractivity contribution in [3.05, 3.63) is 0 Å². The van der Waals surface area contributed by atoms with E-state index in [1.54, 1.807) is 0 Å². The maximum atomic E-state index is 11.2. The van der Waals surface area contributed by atoms with Gasteiger partial charge in [0.2, 0.25) is 5.91 Å². The highest BCUT2D eigenvalue weighted by molar-refractivity contribution is 7.80. The summed E-state index contributed by atoms with van der Waals surface area (Å²) in [7, 11) is 0. The van der Waals surface area contributed by atoms with E-state index < -0.39 is 12.0 Å². The van der Waals surface area contributed by atoms with Crippen LogP contribution in [0.2, 0.25) is 0 Å². The summed E-state index contributed by atoms with van der Waals surface area (Å²) >= 11 is 3.93. The number of carboxylic acids is 1. The number of carboxylic acid groups (broad SMARTS) is 1. The average molecular weight is 203 g/mol. The first kappa shape index (κ1) is 10.4. The molecule has 1 saturated carbocycles. The Labute approximate surface area is 82.1 Å². The second kappa shape index (κ2) is 4.50. The van der Waals surface area contributed by atoms with Crippen LogP contribution in [0.15, 0.2) is 0 Å². The molecule has 0 aromatic carbocycles. The maximum absolute atomic E-state index is 11.2. The molecule has 0 aromatic rings. The molecule has 0 aromatic heterocycles. The van der Waals surface area contributed by atoms with Crippen molar-refractivity contribution in [1.29, 1.82) is 0 Å². The summed E-state index contributed by atoms with van der Waals surface area (Å²) in [5.41, 5.74) is 0. The van der Waals surface area contributed by atoms with Crippen molar-refractivity contribution in [1.82, 2.24) is 5.32 Å². The zero-order chi connectivity index (χ0) is 9.84. The van der Waals surface area contributed by atoms with Crippen LogP contribution in [0.4, 0.5) is 0 Å². The van der Waals surface area contributed by atoms with Crippen molar-refractivity contribution < 1.29 is 14.7 Å². The van der Waals surface area contributed by atoms with E-state index in [2.05, 4.69) is 17.9 Å². The van der Waals surface area contributed by atoms with Crippen LogP contribution >= 0.6 is 12.6 Å². The molecule has 1 fully saturated rings. The number of amides is 1. The van der Waals surface area contributed by atoms with Gasteiger partial charge in [-0.25, -0.2) is 4.79 Å². The molecule has 1 amide bonds. The van der Waals surface area contributed by atoms with Gasteiger partial charge in [0.1, 0.15) is 6.04 Å². The molecule has 2 N–H and O–H groups in total. The van der Waals surface area contributed by atoms with E-state index in [1.807, 2.05) is 0 Å². The molecule has 5 heteroatoms. The third-order valence-corrected chi connectivity index (χ3v) is 2.24. The number of hydrogen-bond donors (Lipinski definition) is 3. The Kier molecular flexibility index (Phi) is 3.59. The van der Waals surface area contributed by atoms with Crippen molar-refractivity contribution in [2.75, 3.05) is 5.75 Å². The Morgan fingerprint density at radius 1 is 1.54 bits per heavy atom. The van der Waals surface area contributed by atoms with E-state index in [-0.39, 0.29) is 11.8 Å². The SMILES string of the molecule is O=C(NC(CCS)C(=O)O)C1CC1. The quantitative estimate of drug-likeness (QED) is 0.562. The first-order valence-corrected chi connectivity index (χ1v) is 4.92. The van der Waals surface area contributed by atoms with Gasteiger partial charge in [-0.1, -0.05) is 0 Å². The van der Waals surface area contributed by atoms with E-state index in [4.69, 9.17) is 5.11 Å². The van der Waals surface area contributed by atoms with Gasteiger partial charge < -0.3 is 10.4 Å². The maximum Gasteiger partial charge on any atom is 0.326 e. The number of thiol groups is 1. The first-order chi connectivity index (χ1) is 6.15. The highest BCUT2D eigenvalue weighted by atomic mass is 32.1. The number of aliphatic carboxylic acids is 1. The van der Waals surface area contributed by atoms with Gasteiger partial charge in [0.05, 0.1) is 0 Å². The van der Waals surface area contributed by atoms with Crippen LogP contribution in [-0.4, -0.2) is 28.8 Å². The summed E-state index contributed by atoms with van der Waals surface area (Å²) < 4.78 is 0. The Bertz CT molecular complexity index is 215. The van der Waals surface area contributed by atoms with E-state index in [0.29, 0.717) is 12.2 Å². The third-order valence-electron chi connectivity index (χ3n) is 1.98. The second-order valence-corrected chi connectivity index (χ2v) is 3.63. The molecule has 0 aliphatic heterocycles. The van der Waals surface area contributed by atoms with Crippen molar-refractivity contribution in [2.45, 2.75) is 25.3 Å². The van der Waals surface area contributed by atoms with Gasteiger partial charge in [-0.3, -0.25) is 4.79 Å². The Morgan fingerprint density at radius 3 is 2.54 bits per heavy atom. The summed E-state index contributed by atoms with van der Waals surface area (Å²) in [5, 5.41) is 11.2. The van der Waals surface area contributed by atoms with Gasteiger partial charge >= 0.3 is 5.97 Å². The lowest BCUT2D eigenvalue weighted by atomic mass is 10.2. The molecule has 1 aliphatic rings. The number of carbonyl (C=O) groups is 2. The van der Waals surface area contributed by atoms with Crippen LogP contribution < -0.4 is 5.32 Å². The largest absolute Gasteiger partial charge is 0.480 e. The fraction of sp³-hybridized carbons (Fsp3) is 0.750. The topological polar surface area (TPSA) is 66.4 Å². The molecule has 0 saturated heterocycles. The first-order valence-electron chi connectivity index (χ1n) is 4.29. The molecule has 1 rings (SSSR count). The van der Waals surface area contributed by atoms with Gasteiger partial charge in [-0.15, -0.1) is 0 Å². The van der Waals surface area contributed by atoms with Crippen LogP contribution in [0.3, 0.4) is 0 Å². The molecular weight excluding hydrogens is 190 g/mol. The molecule has 0 bridgehead atoms. The van der Waals surface area contributed by atoms with Crippen LogP contribution in [-0.2, 0) is 9.59 Å². The van der Waals surface area contributed by atoms with E-state index >= 15 is 0 Å². The molecule has 1 atom stereocenters. The summed E-state index contributed by atoms with van der Waals surface area (Å²) in [6.07, 6.45) is 2.15. The van der Waals surface area contributed by atoms with Crippen molar-refractivity contribution in [3.63, 3.8) is 0 Å². The number of nitrogens with one attached hydrogen (secondary N) is 1. The predicted molar refractivity (Wildman–Crippen MR) is 50.8 cm³/mol. The normalized spacial score (nSPS) is 17.9. The van der Waals surface area contributed by atoms with Crippen molar-refractivity contribution in [2.24, 2.45) is 5.92 Å². The highest BCUT2D eigenvalue weighted by Crippen LogP contribution is 2.28. The van der Waals surface area contributed by atoms with E-state index in [9.17, 15) is 9.59 Å². The molecular formula is C8H13NO3S. The monoisotopic (exact) mass is 203 g/mol. The Morgan fingerprint density at radius 2 is 2.15 bits per heavy atom. The Hall–Kier alpha value is -0.710. The highest BCUT2D eigenvalue weighted by Gasteiger charge is 2.32. The molecule has 0 spiro atoms. The zero-order valence-corrected chi connectivity index (χ0v) is 8.09. The van der Waals surface area contributed by atoms with Gasteiger partial charge in [0.15, 0.2) is 0 Å². The van der Waals surface area contributed by atoms with E-state index in [0.717, 1.165) is 12.8 Å². The van der Waals surface area contributed by atoms with Gasteiger partial charge in [0.25, 0.3) is 0 Å². The van der Waals surface area contributed by atoms with Crippen molar-refractivity contribution >= 4 is 24.5 Å². The lowest BCUT2D eigenvalue weighted by Gasteiger charge is -2.12. The van der Waals surface area contributed by atoms with Crippen LogP contribution in [0.25, 0.3) is 0 Å². The fourth-order valence-electron chi connectivity index (χ4n) is 1.02. The molecule has 1 unspecified atom stereocenters. The molecule has 13 heavy (non-hydrogen) atoms. The summed E-state index contributed by atoms with van der Waals surface area (Å²) in [5.74, 6) is -0.596. The zero-order valence-electron chi connectivity index (χ0n) is 7.19. The molecule has 1 aliphatic carbocycles. The van der Waals surface area contributed by atoms with Crippen LogP contribution in [0.1, 0.15) is 19.3 Å². The van der Waals surface area contributed by atoms with Crippen molar-refractivity contribution in [3.8, 4) is 0 Å². The number of hydrogen-bond acceptors (Lipinski definition) is 3. The predicted octanol–water partition coefficient (Wildman–Crippen LogP) is 0.286. The van der Waals surface area contributed by atoms with Crippen LogP contribution in [0.5, 0.6) is 0 Å². The molecule has 4 nitrogen and oxygen atoms in total. The van der Waals surface area contributed by atoms with Gasteiger partial charge in [0, 0.05) is 5.92 Å². The molecule has 0 heterocycles. The average Bonchev–Trinajstić information content (AvgIpc) is 2.85. The third kappa shape index (κ3) is 3.26. The summed E-state index contributed by atoms with van der Waals surface area (Å²) in [6, 6.07) is -0.773.